The van der Waals surface area contributed by atoms with Crippen LogP contribution in [0.25, 0.3) is 0 Å². The summed E-state index contributed by atoms with van der Waals surface area (Å²) in [7, 11) is 0. The normalized spacial score (nSPS) is 17.4. The minimum Gasteiger partial charge on any atom is -0.396 e. The van der Waals surface area contributed by atoms with Crippen LogP contribution >= 0.6 is 11.6 Å². The first-order valence-corrected chi connectivity index (χ1v) is 6.52. The smallest absolute Gasteiger partial charge is 0.0639 e. The van der Waals surface area contributed by atoms with Crippen LogP contribution in [0, 0.1) is 0 Å². The fourth-order valence-corrected chi connectivity index (χ4v) is 2.47. The molecule has 1 aliphatic rings. The number of halogens is 1. The second kappa shape index (κ2) is 6.24. The molecule has 1 N–H and O–H groups in total. The van der Waals surface area contributed by atoms with Gasteiger partial charge in [-0.1, -0.05) is 23.7 Å². The van der Waals surface area contributed by atoms with E-state index in [-0.39, 0.29) is 6.61 Å². The summed E-state index contributed by atoms with van der Waals surface area (Å²) in [4.78, 5) is 4.72. The molecule has 1 fully saturated rings. The summed E-state index contributed by atoms with van der Waals surface area (Å²) in [6, 6.07) is 8.00. The summed E-state index contributed by atoms with van der Waals surface area (Å²) < 4.78 is 0. The van der Waals surface area contributed by atoms with Crippen LogP contribution < -0.4 is 4.90 Å². The van der Waals surface area contributed by atoms with Crippen molar-refractivity contribution in [2.24, 2.45) is 0 Å². The first-order chi connectivity index (χ1) is 8.31. The van der Waals surface area contributed by atoms with E-state index in [1.54, 1.807) is 0 Å². The van der Waals surface area contributed by atoms with Gasteiger partial charge in [-0.3, -0.25) is 4.90 Å². The van der Waals surface area contributed by atoms with E-state index in [1.165, 1.54) is 0 Å². The van der Waals surface area contributed by atoms with E-state index >= 15 is 0 Å². The Morgan fingerprint density at radius 3 is 2.47 bits per heavy atom. The van der Waals surface area contributed by atoms with E-state index in [9.17, 15) is 0 Å². The standard InChI is InChI=1S/C13H19ClN2O/c14-12-4-1-2-5-13(12)16-9-7-15(8-10-16)6-3-11-17/h1-2,4-5,17H,3,6-11H2. The number of para-hydroxylation sites is 1. The van der Waals surface area contributed by atoms with E-state index in [4.69, 9.17) is 16.7 Å². The number of aliphatic hydroxyl groups is 1. The molecule has 0 saturated carbocycles. The molecule has 3 nitrogen and oxygen atoms in total. The van der Waals surface area contributed by atoms with Crippen LogP contribution in [0.15, 0.2) is 24.3 Å². The summed E-state index contributed by atoms with van der Waals surface area (Å²) in [5.74, 6) is 0. The van der Waals surface area contributed by atoms with Crippen LogP contribution in [0.3, 0.4) is 0 Å². The van der Waals surface area contributed by atoms with Crippen molar-refractivity contribution in [3.05, 3.63) is 29.3 Å². The molecule has 94 valence electrons. The number of piperazine rings is 1. The third-order valence-electron chi connectivity index (χ3n) is 3.20. The van der Waals surface area contributed by atoms with Crippen LogP contribution in [0.1, 0.15) is 6.42 Å². The Morgan fingerprint density at radius 1 is 1.12 bits per heavy atom. The molecule has 0 radical (unpaired) electrons. The molecule has 0 bridgehead atoms. The third kappa shape index (κ3) is 3.35. The zero-order valence-corrected chi connectivity index (χ0v) is 10.7. The number of nitrogens with zero attached hydrogens (tertiary/aromatic N) is 2. The molecule has 0 aromatic heterocycles. The zero-order valence-electron chi connectivity index (χ0n) is 9.98. The van der Waals surface area contributed by atoms with Gasteiger partial charge in [0.2, 0.25) is 0 Å². The molecule has 1 heterocycles. The van der Waals surface area contributed by atoms with Crippen LogP contribution in [-0.4, -0.2) is 49.3 Å². The average molecular weight is 255 g/mol. The van der Waals surface area contributed by atoms with Gasteiger partial charge in [0.15, 0.2) is 0 Å². The van der Waals surface area contributed by atoms with Crippen LogP contribution in [-0.2, 0) is 0 Å². The van der Waals surface area contributed by atoms with E-state index in [1.807, 2.05) is 18.2 Å². The monoisotopic (exact) mass is 254 g/mol. The molecule has 0 amide bonds. The maximum Gasteiger partial charge on any atom is 0.0639 e. The predicted octanol–water partition coefficient (Wildman–Crippen LogP) is 1.84. The molecule has 0 aliphatic carbocycles. The molecule has 1 aromatic rings. The lowest BCUT2D eigenvalue weighted by Crippen LogP contribution is -2.46. The van der Waals surface area contributed by atoms with Crippen LogP contribution in [0.5, 0.6) is 0 Å². The molecule has 1 aromatic carbocycles. The summed E-state index contributed by atoms with van der Waals surface area (Å²) in [5.41, 5.74) is 1.14. The predicted molar refractivity (Wildman–Crippen MR) is 71.8 cm³/mol. The molecule has 17 heavy (non-hydrogen) atoms. The zero-order chi connectivity index (χ0) is 12.1. The highest BCUT2D eigenvalue weighted by atomic mass is 35.5. The number of anilines is 1. The summed E-state index contributed by atoms with van der Waals surface area (Å²) in [6.45, 7) is 5.39. The highest BCUT2D eigenvalue weighted by molar-refractivity contribution is 6.33. The van der Waals surface area contributed by atoms with Gasteiger partial charge in [0, 0.05) is 39.3 Å². The Kier molecular flexibility index (Phi) is 4.66. The first kappa shape index (κ1) is 12.7. The molecule has 1 saturated heterocycles. The minimum atomic E-state index is 0.282. The molecular weight excluding hydrogens is 236 g/mol. The Labute approximate surface area is 108 Å². The quantitative estimate of drug-likeness (QED) is 0.888. The van der Waals surface area contributed by atoms with Gasteiger partial charge >= 0.3 is 0 Å². The van der Waals surface area contributed by atoms with Crippen molar-refractivity contribution in [1.82, 2.24) is 4.90 Å². The highest BCUT2D eigenvalue weighted by Gasteiger charge is 2.17. The van der Waals surface area contributed by atoms with Gasteiger partial charge in [0.1, 0.15) is 0 Å². The lowest BCUT2D eigenvalue weighted by Gasteiger charge is -2.36. The lowest BCUT2D eigenvalue weighted by molar-refractivity contribution is 0.216. The lowest BCUT2D eigenvalue weighted by atomic mass is 10.2. The fraction of sp³-hybridized carbons (Fsp3) is 0.538. The second-order valence-electron chi connectivity index (χ2n) is 4.36. The number of hydrogen-bond donors (Lipinski definition) is 1. The SMILES string of the molecule is OCCCN1CCN(c2ccccc2Cl)CC1. The first-order valence-electron chi connectivity index (χ1n) is 6.14. The number of benzene rings is 1. The van der Waals surface area contributed by atoms with Crippen molar-refractivity contribution in [1.29, 1.82) is 0 Å². The summed E-state index contributed by atoms with van der Waals surface area (Å²) in [6.07, 6.45) is 0.867. The molecule has 0 unspecified atom stereocenters. The van der Waals surface area contributed by atoms with Gasteiger partial charge in [0.05, 0.1) is 10.7 Å². The maximum atomic E-state index is 8.81. The molecule has 1 aliphatic heterocycles. The van der Waals surface area contributed by atoms with Crippen molar-refractivity contribution in [3.8, 4) is 0 Å². The fourth-order valence-electron chi connectivity index (χ4n) is 2.21. The van der Waals surface area contributed by atoms with Crippen molar-refractivity contribution in [2.45, 2.75) is 6.42 Å². The van der Waals surface area contributed by atoms with E-state index in [2.05, 4.69) is 15.9 Å². The summed E-state index contributed by atoms with van der Waals surface area (Å²) >= 11 is 6.19. The van der Waals surface area contributed by atoms with Crippen molar-refractivity contribution >= 4 is 17.3 Å². The third-order valence-corrected chi connectivity index (χ3v) is 3.52. The van der Waals surface area contributed by atoms with Gasteiger partial charge in [-0.25, -0.2) is 0 Å². The Morgan fingerprint density at radius 2 is 1.82 bits per heavy atom. The number of aliphatic hydroxyl groups excluding tert-OH is 1. The van der Waals surface area contributed by atoms with Gasteiger partial charge < -0.3 is 10.0 Å². The van der Waals surface area contributed by atoms with Gasteiger partial charge in [-0.15, -0.1) is 0 Å². The van der Waals surface area contributed by atoms with Gasteiger partial charge in [-0.05, 0) is 18.6 Å². The molecule has 0 spiro atoms. The topological polar surface area (TPSA) is 26.7 Å². The van der Waals surface area contributed by atoms with Crippen molar-refractivity contribution in [3.63, 3.8) is 0 Å². The van der Waals surface area contributed by atoms with Crippen LogP contribution in [0.2, 0.25) is 5.02 Å². The van der Waals surface area contributed by atoms with Gasteiger partial charge in [0.25, 0.3) is 0 Å². The number of rotatable bonds is 4. The largest absolute Gasteiger partial charge is 0.396 e. The molecular formula is C13H19ClN2O. The maximum absolute atomic E-state index is 8.81. The average Bonchev–Trinajstić information content (AvgIpc) is 2.38. The Bertz CT molecular complexity index is 351. The van der Waals surface area contributed by atoms with E-state index in [0.717, 1.165) is 49.9 Å². The number of hydrogen-bond acceptors (Lipinski definition) is 3. The Hall–Kier alpha value is -0.770. The van der Waals surface area contributed by atoms with Crippen molar-refractivity contribution in [2.75, 3.05) is 44.2 Å². The summed E-state index contributed by atoms with van der Waals surface area (Å²) in [5, 5.41) is 9.64. The molecule has 0 atom stereocenters. The highest BCUT2D eigenvalue weighted by Crippen LogP contribution is 2.25. The minimum absolute atomic E-state index is 0.282. The van der Waals surface area contributed by atoms with Crippen molar-refractivity contribution < 1.29 is 5.11 Å². The molecule has 4 heteroatoms. The van der Waals surface area contributed by atoms with Gasteiger partial charge in [-0.2, -0.15) is 0 Å². The van der Waals surface area contributed by atoms with E-state index < -0.39 is 0 Å². The Balaban J connectivity index is 1.89. The van der Waals surface area contributed by atoms with Crippen LogP contribution in [0.4, 0.5) is 5.69 Å². The van der Waals surface area contributed by atoms with E-state index in [0.29, 0.717) is 0 Å². The second-order valence-corrected chi connectivity index (χ2v) is 4.76. The molecule has 2 rings (SSSR count).